The van der Waals surface area contributed by atoms with E-state index < -0.39 is 0 Å². The number of hydrogen-bond donors (Lipinski definition) is 0. The van der Waals surface area contributed by atoms with Crippen molar-refractivity contribution in [1.82, 2.24) is 19.6 Å². The van der Waals surface area contributed by atoms with E-state index in [-0.39, 0.29) is 5.60 Å². The van der Waals surface area contributed by atoms with Gasteiger partial charge in [-0.15, -0.1) is 21.5 Å². The Morgan fingerprint density at radius 2 is 2.10 bits per heavy atom. The summed E-state index contributed by atoms with van der Waals surface area (Å²) in [6, 6.07) is 5.58. The van der Waals surface area contributed by atoms with Gasteiger partial charge in [-0.1, -0.05) is 48.0 Å². The molecule has 5 rings (SSSR count). The number of fused-ring (bicyclic) bond motifs is 5. The summed E-state index contributed by atoms with van der Waals surface area (Å²) in [5, 5.41) is 12.4. The van der Waals surface area contributed by atoms with Crippen LogP contribution in [0.4, 0.5) is 0 Å². The van der Waals surface area contributed by atoms with Crippen molar-refractivity contribution < 1.29 is 4.74 Å². The van der Waals surface area contributed by atoms with Gasteiger partial charge in [0.25, 0.3) is 0 Å². The highest BCUT2D eigenvalue weighted by molar-refractivity contribution is 7.98. The first-order valence-electron chi connectivity index (χ1n) is 9.75. The number of nitrogens with zero attached hydrogens (tertiary/aromatic N) is 4. The van der Waals surface area contributed by atoms with Crippen molar-refractivity contribution in [1.29, 1.82) is 0 Å². The van der Waals surface area contributed by atoms with Crippen LogP contribution in [-0.4, -0.2) is 25.2 Å². The van der Waals surface area contributed by atoms with Crippen molar-refractivity contribution in [3.63, 3.8) is 0 Å². The summed E-state index contributed by atoms with van der Waals surface area (Å²) in [5.41, 5.74) is 3.01. The van der Waals surface area contributed by atoms with Crippen molar-refractivity contribution >= 4 is 62.2 Å². The minimum absolute atomic E-state index is 0.190. The van der Waals surface area contributed by atoms with E-state index in [0.29, 0.717) is 22.4 Å². The molecule has 0 bridgehead atoms. The van der Waals surface area contributed by atoms with Crippen LogP contribution in [0, 0.1) is 0 Å². The maximum absolute atomic E-state index is 6.35. The normalized spacial score (nSPS) is 15.8. The Morgan fingerprint density at radius 1 is 1.27 bits per heavy atom. The van der Waals surface area contributed by atoms with Gasteiger partial charge in [0.2, 0.25) is 0 Å². The SMILES string of the molecule is CCc1nc2sc3c(c2c2nnc(SCc4ccc(Cl)cc4Cl)n12)CC(C)(C)OC3. The molecule has 4 aromatic rings. The van der Waals surface area contributed by atoms with Crippen molar-refractivity contribution in [2.45, 2.75) is 56.7 Å². The smallest absolute Gasteiger partial charge is 0.197 e. The number of ether oxygens (including phenoxy) is 1. The van der Waals surface area contributed by atoms with Crippen LogP contribution in [-0.2, 0) is 29.9 Å². The molecule has 9 heteroatoms. The summed E-state index contributed by atoms with van der Waals surface area (Å²) in [4.78, 5) is 7.25. The van der Waals surface area contributed by atoms with Crippen LogP contribution in [0.25, 0.3) is 15.9 Å². The molecule has 1 aliphatic heterocycles. The Balaban J connectivity index is 1.60. The molecule has 0 aliphatic carbocycles. The third-order valence-corrected chi connectivity index (χ3v) is 7.97. The largest absolute Gasteiger partial charge is 0.370 e. The number of hydrogen-bond acceptors (Lipinski definition) is 6. The minimum Gasteiger partial charge on any atom is -0.370 e. The van der Waals surface area contributed by atoms with Gasteiger partial charge in [-0.05, 0) is 37.1 Å². The summed E-state index contributed by atoms with van der Waals surface area (Å²) in [6.07, 6.45) is 1.64. The summed E-state index contributed by atoms with van der Waals surface area (Å²) in [6.45, 7) is 7.00. The molecule has 3 aromatic heterocycles. The molecule has 0 N–H and O–H groups in total. The maximum Gasteiger partial charge on any atom is 0.197 e. The molecule has 1 aromatic carbocycles. The van der Waals surface area contributed by atoms with Gasteiger partial charge in [-0.3, -0.25) is 4.40 Å². The fourth-order valence-electron chi connectivity index (χ4n) is 3.79. The van der Waals surface area contributed by atoms with Crippen molar-refractivity contribution in [3.05, 3.63) is 50.1 Å². The Hall–Kier alpha value is -1.38. The summed E-state index contributed by atoms with van der Waals surface area (Å²) in [5.74, 6) is 1.65. The van der Waals surface area contributed by atoms with E-state index in [0.717, 1.165) is 45.2 Å². The molecule has 0 saturated carbocycles. The molecule has 4 heterocycles. The lowest BCUT2D eigenvalue weighted by molar-refractivity contribution is -0.0379. The lowest BCUT2D eigenvalue weighted by Crippen LogP contribution is -2.31. The van der Waals surface area contributed by atoms with E-state index in [1.54, 1.807) is 29.2 Å². The van der Waals surface area contributed by atoms with Gasteiger partial charge in [0.05, 0.1) is 17.6 Å². The zero-order chi connectivity index (χ0) is 21.0. The first-order chi connectivity index (χ1) is 14.4. The average molecular weight is 479 g/mol. The molecule has 0 amide bonds. The lowest BCUT2D eigenvalue weighted by Gasteiger charge is -2.30. The number of benzene rings is 1. The predicted molar refractivity (Wildman–Crippen MR) is 124 cm³/mol. The quantitative estimate of drug-likeness (QED) is 0.319. The second-order valence-corrected chi connectivity index (χ2v) is 10.8. The number of aromatic nitrogens is 4. The van der Waals surface area contributed by atoms with Crippen LogP contribution >= 0.6 is 46.3 Å². The zero-order valence-electron chi connectivity index (χ0n) is 16.8. The van der Waals surface area contributed by atoms with Gasteiger partial charge in [0.1, 0.15) is 10.7 Å². The third kappa shape index (κ3) is 3.50. The highest BCUT2D eigenvalue weighted by Crippen LogP contribution is 2.40. The molecule has 156 valence electrons. The zero-order valence-corrected chi connectivity index (χ0v) is 20.0. The Morgan fingerprint density at radius 3 is 2.87 bits per heavy atom. The monoisotopic (exact) mass is 478 g/mol. The molecule has 1 aliphatic rings. The number of rotatable bonds is 4. The van der Waals surface area contributed by atoms with Crippen LogP contribution in [0.2, 0.25) is 10.0 Å². The standard InChI is InChI=1S/C21H20Cl2N4OS2/c1-4-16-24-19-17(13-8-21(2,3)28-9-15(13)30-19)18-25-26-20(27(16)18)29-10-11-5-6-12(22)7-14(11)23/h5-7H,4,8-10H2,1-3H3. The van der Waals surface area contributed by atoms with E-state index in [2.05, 4.69) is 35.4 Å². The lowest BCUT2D eigenvalue weighted by atomic mass is 9.94. The van der Waals surface area contributed by atoms with E-state index in [1.807, 2.05) is 12.1 Å². The molecular formula is C21H20Cl2N4OS2. The van der Waals surface area contributed by atoms with E-state index in [9.17, 15) is 0 Å². The predicted octanol–water partition coefficient (Wildman–Crippen LogP) is 6.35. The molecule has 0 radical (unpaired) electrons. The highest BCUT2D eigenvalue weighted by atomic mass is 35.5. The fraction of sp³-hybridized carbons (Fsp3) is 0.381. The van der Waals surface area contributed by atoms with Gasteiger partial charge >= 0.3 is 0 Å². The van der Waals surface area contributed by atoms with E-state index in [4.69, 9.17) is 32.9 Å². The molecule has 0 unspecified atom stereocenters. The average Bonchev–Trinajstić information content (AvgIpc) is 3.26. The van der Waals surface area contributed by atoms with E-state index >= 15 is 0 Å². The van der Waals surface area contributed by atoms with Gasteiger partial charge < -0.3 is 4.74 Å². The number of aryl methyl sites for hydroxylation is 1. The number of halogens is 2. The molecule has 30 heavy (non-hydrogen) atoms. The Labute approximate surface area is 192 Å². The summed E-state index contributed by atoms with van der Waals surface area (Å²) < 4.78 is 8.12. The van der Waals surface area contributed by atoms with Crippen LogP contribution in [0.3, 0.4) is 0 Å². The second kappa shape index (κ2) is 7.64. The topological polar surface area (TPSA) is 52.3 Å². The third-order valence-electron chi connectivity index (χ3n) is 5.30. The number of thiophene rings is 1. The molecule has 0 spiro atoms. The van der Waals surface area contributed by atoms with Crippen molar-refractivity contribution in [2.75, 3.05) is 0 Å². The number of thioether (sulfide) groups is 1. The van der Waals surface area contributed by atoms with Gasteiger partial charge in [0.15, 0.2) is 10.8 Å². The van der Waals surface area contributed by atoms with Crippen LogP contribution < -0.4 is 0 Å². The van der Waals surface area contributed by atoms with Gasteiger partial charge in [-0.25, -0.2) is 4.98 Å². The van der Waals surface area contributed by atoms with Crippen molar-refractivity contribution in [2.24, 2.45) is 0 Å². The molecule has 5 nitrogen and oxygen atoms in total. The van der Waals surface area contributed by atoms with Gasteiger partial charge in [0, 0.05) is 33.5 Å². The Kier molecular flexibility index (Phi) is 5.22. The Bertz CT molecular complexity index is 1280. The van der Waals surface area contributed by atoms with Crippen LogP contribution in [0.1, 0.15) is 42.6 Å². The molecule has 0 atom stereocenters. The van der Waals surface area contributed by atoms with E-state index in [1.165, 1.54) is 10.4 Å². The van der Waals surface area contributed by atoms with Crippen LogP contribution in [0.5, 0.6) is 0 Å². The first-order valence-corrected chi connectivity index (χ1v) is 12.3. The molecule has 0 saturated heterocycles. The van der Waals surface area contributed by atoms with Crippen molar-refractivity contribution in [3.8, 4) is 0 Å². The minimum atomic E-state index is -0.190. The first kappa shape index (κ1) is 20.5. The maximum atomic E-state index is 6.35. The highest BCUT2D eigenvalue weighted by Gasteiger charge is 2.31. The molecule has 0 fully saturated rings. The molecular weight excluding hydrogens is 459 g/mol. The summed E-state index contributed by atoms with van der Waals surface area (Å²) >= 11 is 15.7. The second-order valence-electron chi connectivity index (χ2n) is 7.96. The summed E-state index contributed by atoms with van der Waals surface area (Å²) in [7, 11) is 0. The van der Waals surface area contributed by atoms with Gasteiger partial charge in [-0.2, -0.15) is 0 Å². The van der Waals surface area contributed by atoms with Crippen LogP contribution in [0.15, 0.2) is 23.4 Å². The fourth-order valence-corrected chi connectivity index (χ4v) is 6.42.